The lowest BCUT2D eigenvalue weighted by Gasteiger charge is -2.38. The SMILES string of the molecule is CC1CC1c1ccc(CNCC2(C)CCC2)o1. The van der Waals surface area contributed by atoms with Crippen molar-refractivity contribution in [3.63, 3.8) is 0 Å². The van der Waals surface area contributed by atoms with Crippen molar-refractivity contribution < 1.29 is 4.42 Å². The van der Waals surface area contributed by atoms with Crippen LogP contribution >= 0.6 is 0 Å². The van der Waals surface area contributed by atoms with E-state index >= 15 is 0 Å². The van der Waals surface area contributed by atoms with Crippen molar-refractivity contribution >= 4 is 0 Å². The molecule has 2 nitrogen and oxygen atoms in total. The summed E-state index contributed by atoms with van der Waals surface area (Å²) in [6.07, 6.45) is 5.47. The standard InChI is InChI=1S/C15H23NO/c1-11-8-13(11)14-5-4-12(17-14)9-16-10-15(2)6-3-7-15/h4-5,11,13,16H,3,6-10H2,1-2H3. The van der Waals surface area contributed by atoms with Gasteiger partial charge in [0.15, 0.2) is 0 Å². The predicted molar refractivity (Wildman–Crippen MR) is 68.9 cm³/mol. The Bertz CT molecular complexity index is 391. The Balaban J connectivity index is 1.46. The van der Waals surface area contributed by atoms with Crippen LogP contribution < -0.4 is 5.32 Å². The quantitative estimate of drug-likeness (QED) is 0.839. The van der Waals surface area contributed by atoms with E-state index in [-0.39, 0.29) is 0 Å². The summed E-state index contributed by atoms with van der Waals surface area (Å²) in [7, 11) is 0. The smallest absolute Gasteiger partial charge is 0.117 e. The van der Waals surface area contributed by atoms with Gasteiger partial charge in [-0.1, -0.05) is 20.3 Å². The topological polar surface area (TPSA) is 25.2 Å². The lowest BCUT2D eigenvalue weighted by atomic mass is 9.70. The lowest BCUT2D eigenvalue weighted by molar-refractivity contribution is 0.155. The number of hydrogen-bond donors (Lipinski definition) is 1. The third-order valence-corrected chi connectivity index (χ3v) is 4.57. The van der Waals surface area contributed by atoms with Gasteiger partial charge in [0.25, 0.3) is 0 Å². The summed E-state index contributed by atoms with van der Waals surface area (Å²) >= 11 is 0. The third kappa shape index (κ3) is 2.42. The molecule has 0 saturated heterocycles. The normalized spacial score (nSPS) is 30.0. The van der Waals surface area contributed by atoms with Crippen LogP contribution in [0.15, 0.2) is 16.5 Å². The van der Waals surface area contributed by atoms with Crippen LogP contribution in [0, 0.1) is 11.3 Å². The molecule has 0 aliphatic heterocycles. The van der Waals surface area contributed by atoms with Crippen molar-refractivity contribution in [1.29, 1.82) is 0 Å². The molecule has 0 radical (unpaired) electrons. The highest BCUT2D eigenvalue weighted by atomic mass is 16.3. The lowest BCUT2D eigenvalue weighted by Crippen LogP contribution is -2.36. The van der Waals surface area contributed by atoms with Gasteiger partial charge in [-0.15, -0.1) is 0 Å². The zero-order chi connectivity index (χ0) is 11.9. The molecule has 1 aromatic heterocycles. The van der Waals surface area contributed by atoms with Crippen molar-refractivity contribution in [3.05, 3.63) is 23.7 Å². The molecule has 2 fully saturated rings. The summed E-state index contributed by atoms with van der Waals surface area (Å²) in [6.45, 7) is 6.69. The predicted octanol–water partition coefficient (Wildman–Crippen LogP) is 3.68. The molecule has 1 aromatic rings. The first-order chi connectivity index (χ1) is 8.16. The maximum absolute atomic E-state index is 5.88. The van der Waals surface area contributed by atoms with Crippen molar-refractivity contribution in [2.75, 3.05) is 6.54 Å². The van der Waals surface area contributed by atoms with Crippen molar-refractivity contribution in [2.24, 2.45) is 11.3 Å². The van der Waals surface area contributed by atoms with E-state index in [4.69, 9.17) is 4.42 Å². The summed E-state index contributed by atoms with van der Waals surface area (Å²) in [4.78, 5) is 0. The summed E-state index contributed by atoms with van der Waals surface area (Å²) in [5.74, 6) is 3.83. The van der Waals surface area contributed by atoms with Gasteiger partial charge in [0.2, 0.25) is 0 Å². The van der Waals surface area contributed by atoms with Gasteiger partial charge in [0.05, 0.1) is 6.54 Å². The number of rotatable bonds is 5. The van der Waals surface area contributed by atoms with E-state index in [0.717, 1.165) is 24.8 Å². The number of nitrogens with one attached hydrogen (secondary N) is 1. The highest BCUT2D eigenvalue weighted by Gasteiger charge is 2.36. The monoisotopic (exact) mass is 233 g/mol. The molecule has 2 aliphatic carbocycles. The molecule has 0 aromatic carbocycles. The molecule has 0 bridgehead atoms. The molecule has 1 heterocycles. The van der Waals surface area contributed by atoms with E-state index in [9.17, 15) is 0 Å². The van der Waals surface area contributed by atoms with Gasteiger partial charge in [-0.25, -0.2) is 0 Å². The Morgan fingerprint density at radius 3 is 2.76 bits per heavy atom. The Morgan fingerprint density at radius 2 is 2.18 bits per heavy atom. The van der Waals surface area contributed by atoms with Crippen LogP contribution in [0.5, 0.6) is 0 Å². The fraction of sp³-hybridized carbons (Fsp3) is 0.733. The summed E-state index contributed by atoms with van der Waals surface area (Å²) in [5.41, 5.74) is 0.556. The molecule has 0 spiro atoms. The minimum Gasteiger partial charge on any atom is -0.464 e. The molecule has 17 heavy (non-hydrogen) atoms. The first kappa shape index (κ1) is 11.3. The molecule has 2 aliphatic rings. The van der Waals surface area contributed by atoms with E-state index in [1.54, 1.807) is 0 Å². The largest absolute Gasteiger partial charge is 0.464 e. The van der Waals surface area contributed by atoms with E-state index in [0.29, 0.717) is 11.3 Å². The average molecular weight is 233 g/mol. The maximum Gasteiger partial charge on any atom is 0.117 e. The van der Waals surface area contributed by atoms with Crippen LogP contribution in [-0.2, 0) is 6.54 Å². The maximum atomic E-state index is 5.88. The first-order valence-corrected chi connectivity index (χ1v) is 6.96. The van der Waals surface area contributed by atoms with Crippen molar-refractivity contribution in [1.82, 2.24) is 5.32 Å². The van der Waals surface area contributed by atoms with Crippen LogP contribution in [0.3, 0.4) is 0 Å². The van der Waals surface area contributed by atoms with Crippen LogP contribution in [0.4, 0.5) is 0 Å². The van der Waals surface area contributed by atoms with E-state index in [1.165, 1.54) is 31.4 Å². The molecule has 0 amide bonds. The van der Waals surface area contributed by atoms with E-state index in [1.807, 2.05) is 0 Å². The van der Waals surface area contributed by atoms with Crippen molar-refractivity contribution in [2.45, 2.75) is 52.0 Å². The van der Waals surface area contributed by atoms with E-state index < -0.39 is 0 Å². The molecule has 1 N–H and O–H groups in total. The second kappa shape index (κ2) is 4.16. The van der Waals surface area contributed by atoms with Gasteiger partial charge in [-0.2, -0.15) is 0 Å². The van der Waals surface area contributed by atoms with Crippen molar-refractivity contribution in [3.8, 4) is 0 Å². The van der Waals surface area contributed by atoms with Crippen LogP contribution in [0.2, 0.25) is 0 Å². The van der Waals surface area contributed by atoms with Crippen LogP contribution in [-0.4, -0.2) is 6.54 Å². The molecule has 2 saturated carbocycles. The Labute approximate surface area is 104 Å². The van der Waals surface area contributed by atoms with E-state index in [2.05, 4.69) is 31.3 Å². The molecular formula is C15H23NO. The van der Waals surface area contributed by atoms with Crippen LogP contribution in [0.25, 0.3) is 0 Å². The Kier molecular flexibility index (Phi) is 2.78. The minimum atomic E-state index is 0.556. The van der Waals surface area contributed by atoms with Gasteiger partial charge in [0, 0.05) is 12.5 Å². The molecule has 2 heteroatoms. The fourth-order valence-electron chi connectivity index (χ4n) is 2.85. The average Bonchev–Trinajstić information content (AvgIpc) is 2.81. The van der Waals surface area contributed by atoms with Gasteiger partial charge >= 0.3 is 0 Å². The zero-order valence-corrected chi connectivity index (χ0v) is 11.0. The summed E-state index contributed by atoms with van der Waals surface area (Å²) in [6, 6.07) is 4.30. The highest BCUT2D eigenvalue weighted by Crippen LogP contribution is 2.47. The molecular weight excluding hydrogens is 210 g/mol. The van der Waals surface area contributed by atoms with Gasteiger partial charge < -0.3 is 9.73 Å². The fourth-order valence-corrected chi connectivity index (χ4v) is 2.85. The highest BCUT2D eigenvalue weighted by molar-refractivity contribution is 5.17. The Morgan fingerprint density at radius 1 is 1.41 bits per heavy atom. The number of furan rings is 1. The Hall–Kier alpha value is -0.760. The molecule has 94 valence electrons. The van der Waals surface area contributed by atoms with Gasteiger partial charge in [0.1, 0.15) is 11.5 Å². The van der Waals surface area contributed by atoms with Gasteiger partial charge in [-0.05, 0) is 42.7 Å². The molecule has 2 atom stereocenters. The zero-order valence-electron chi connectivity index (χ0n) is 11.0. The van der Waals surface area contributed by atoms with Crippen LogP contribution in [0.1, 0.15) is 57.0 Å². The summed E-state index contributed by atoms with van der Waals surface area (Å²) < 4.78 is 5.88. The minimum absolute atomic E-state index is 0.556. The third-order valence-electron chi connectivity index (χ3n) is 4.57. The first-order valence-electron chi connectivity index (χ1n) is 6.96. The second-order valence-electron chi connectivity index (χ2n) is 6.39. The number of hydrogen-bond acceptors (Lipinski definition) is 2. The summed E-state index contributed by atoms with van der Waals surface area (Å²) in [5, 5.41) is 3.53. The second-order valence-corrected chi connectivity index (χ2v) is 6.39. The van der Waals surface area contributed by atoms with Gasteiger partial charge in [-0.3, -0.25) is 0 Å². The molecule has 2 unspecified atom stereocenters. The molecule has 3 rings (SSSR count).